The minimum atomic E-state index is -0.234. The number of imidazole rings is 1. The Morgan fingerprint density at radius 2 is 2.12 bits per heavy atom. The summed E-state index contributed by atoms with van der Waals surface area (Å²) in [5, 5.41) is 6.19. The number of benzene rings is 1. The van der Waals surface area contributed by atoms with Crippen LogP contribution in [-0.2, 0) is 4.74 Å². The van der Waals surface area contributed by atoms with E-state index in [9.17, 15) is 4.79 Å². The maximum absolute atomic E-state index is 12.4. The molecule has 4 rings (SSSR count). The SMILES string of the molecule is CC[C@@H]1CNC[C@H](n2cnc3c(NC(=O)c4ccccc4)ncnc32)O1. The Labute approximate surface area is 150 Å². The van der Waals surface area contributed by atoms with Crippen LogP contribution < -0.4 is 10.6 Å². The zero-order chi connectivity index (χ0) is 17.9. The molecule has 134 valence electrons. The number of amides is 1. The van der Waals surface area contributed by atoms with E-state index in [0.717, 1.165) is 13.0 Å². The van der Waals surface area contributed by atoms with E-state index < -0.39 is 0 Å². The van der Waals surface area contributed by atoms with Crippen molar-refractivity contribution in [2.45, 2.75) is 25.7 Å². The van der Waals surface area contributed by atoms with Gasteiger partial charge in [-0.15, -0.1) is 0 Å². The van der Waals surface area contributed by atoms with Gasteiger partial charge in [-0.3, -0.25) is 9.36 Å². The number of morpholine rings is 1. The van der Waals surface area contributed by atoms with Crippen LogP contribution in [0, 0.1) is 0 Å². The molecule has 8 heteroatoms. The molecular weight excluding hydrogens is 332 g/mol. The van der Waals surface area contributed by atoms with Crippen LogP contribution in [0.5, 0.6) is 0 Å². The number of carbonyl (C=O) groups excluding carboxylic acids is 1. The molecule has 0 unspecified atom stereocenters. The first-order valence-electron chi connectivity index (χ1n) is 8.66. The molecule has 1 amide bonds. The fourth-order valence-electron chi connectivity index (χ4n) is 3.01. The summed E-state index contributed by atoms with van der Waals surface area (Å²) in [6.45, 7) is 3.62. The Morgan fingerprint density at radius 3 is 2.92 bits per heavy atom. The van der Waals surface area contributed by atoms with Gasteiger partial charge in [-0.2, -0.15) is 0 Å². The molecule has 2 N–H and O–H groups in total. The largest absolute Gasteiger partial charge is 0.352 e. The maximum Gasteiger partial charge on any atom is 0.256 e. The van der Waals surface area contributed by atoms with Crippen LogP contribution in [0.25, 0.3) is 11.2 Å². The van der Waals surface area contributed by atoms with Crippen molar-refractivity contribution in [1.82, 2.24) is 24.8 Å². The molecule has 2 aromatic heterocycles. The molecule has 0 bridgehead atoms. The molecule has 8 nitrogen and oxygen atoms in total. The van der Waals surface area contributed by atoms with Gasteiger partial charge in [0.1, 0.15) is 12.6 Å². The van der Waals surface area contributed by atoms with Gasteiger partial charge in [0.25, 0.3) is 5.91 Å². The Hall–Kier alpha value is -2.84. The van der Waals surface area contributed by atoms with Crippen LogP contribution in [0.2, 0.25) is 0 Å². The predicted molar refractivity (Wildman–Crippen MR) is 96.8 cm³/mol. The number of nitrogens with one attached hydrogen (secondary N) is 2. The number of carbonyl (C=O) groups is 1. The van der Waals surface area contributed by atoms with Crippen LogP contribution in [0.1, 0.15) is 29.9 Å². The summed E-state index contributed by atoms with van der Waals surface area (Å²) in [7, 11) is 0. The summed E-state index contributed by atoms with van der Waals surface area (Å²) in [6, 6.07) is 8.99. The van der Waals surface area contributed by atoms with Crippen molar-refractivity contribution in [3.8, 4) is 0 Å². The lowest BCUT2D eigenvalue weighted by Gasteiger charge is -2.31. The lowest BCUT2D eigenvalue weighted by molar-refractivity contribution is -0.0759. The van der Waals surface area contributed by atoms with E-state index in [1.54, 1.807) is 18.5 Å². The van der Waals surface area contributed by atoms with E-state index in [1.165, 1.54) is 6.33 Å². The molecule has 2 atom stereocenters. The Morgan fingerprint density at radius 1 is 1.27 bits per heavy atom. The van der Waals surface area contributed by atoms with Crippen LogP contribution in [0.4, 0.5) is 5.82 Å². The van der Waals surface area contributed by atoms with Gasteiger partial charge in [0, 0.05) is 18.7 Å². The number of nitrogens with zero attached hydrogens (tertiary/aromatic N) is 4. The summed E-state index contributed by atoms with van der Waals surface area (Å²) in [5.74, 6) is 0.153. The van der Waals surface area contributed by atoms with E-state index in [1.807, 2.05) is 22.8 Å². The molecule has 1 aliphatic rings. The van der Waals surface area contributed by atoms with Crippen molar-refractivity contribution < 1.29 is 9.53 Å². The van der Waals surface area contributed by atoms with Gasteiger partial charge < -0.3 is 15.4 Å². The van der Waals surface area contributed by atoms with Crippen LogP contribution in [-0.4, -0.2) is 44.6 Å². The molecule has 3 heterocycles. The maximum atomic E-state index is 12.4. The minimum absolute atomic E-state index is 0.158. The first-order chi connectivity index (χ1) is 12.8. The summed E-state index contributed by atoms with van der Waals surface area (Å²) in [6.07, 6.45) is 4.01. The highest BCUT2D eigenvalue weighted by Gasteiger charge is 2.24. The molecule has 0 spiro atoms. The number of aromatic nitrogens is 4. The fraction of sp³-hybridized carbons (Fsp3) is 0.333. The number of anilines is 1. The van der Waals surface area contributed by atoms with Gasteiger partial charge in [0.15, 0.2) is 17.0 Å². The fourth-order valence-corrected chi connectivity index (χ4v) is 3.01. The number of rotatable bonds is 4. The second kappa shape index (κ2) is 7.19. The van der Waals surface area contributed by atoms with Crippen molar-refractivity contribution >= 4 is 22.9 Å². The third-order valence-corrected chi connectivity index (χ3v) is 4.43. The third-order valence-electron chi connectivity index (χ3n) is 4.43. The molecule has 3 aromatic rings. The van der Waals surface area contributed by atoms with Crippen molar-refractivity contribution in [2.75, 3.05) is 18.4 Å². The standard InChI is InChI=1S/C18H20N6O2/c1-2-13-8-19-9-14(26-13)24-11-22-15-16(20-10-21-17(15)24)23-18(25)12-6-4-3-5-7-12/h3-7,10-11,13-14,19H,2,8-9H2,1H3,(H,20,21,23,25)/t13-,14-/m1/s1. The zero-order valence-electron chi connectivity index (χ0n) is 14.4. The summed E-state index contributed by atoms with van der Waals surface area (Å²) in [5.41, 5.74) is 1.73. The Bertz CT molecular complexity index is 910. The molecule has 1 aliphatic heterocycles. The molecule has 0 saturated carbocycles. The minimum Gasteiger partial charge on any atom is -0.352 e. The molecule has 1 aromatic carbocycles. The molecule has 1 fully saturated rings. The topological polar surface area (TPSA) is 94.0 Å². The number of hydrogen-bond donors (Lipinski definition) is 2. The van der Waals surface area contributed by atoms with Gasteiger partial charge in [0.05, 0.1) is 12.4 Å². The second-order valence-electron chi connectivity index (χ2n) is 6.15. The lowest BCUT2D eigenvalue weighted by Crippen LogP contribution is -2.42. The quantitative estimate of drug-likeness (QED) is 0.746. The van der Waals surface area contributed by atoms with Gasteiger partial charge in [-0.05, 0) is 18.6 Å². The van der Waals surface area contributed by atoms with E-state index in [0.29, 0.717) is 29.1 Å². The average Bonchev–Trinajstić information content (AvgIpc) is 3.14. The first kappa shape index (κ1) is 16.6. The Kier molecular flexibility index (Phi) is 4.59. The summed E-state index contributed by atoms with van der Waals surface area (Å²) in [4.78, 5) is 25.3. The van der Waals surface area contributed by atoms with E-state index >= 15 is 0 Å². The van der Waals surface area contributed by atoms with Crippen molar-refractivity contribution in [2.24, 2.45) is 0 Å². The van der Waals surface area contributed by atoms with Crippen LogP contribution in [0.3, 0.4) is 0 Å². The second-order valence-corrected chi connectivity index (χ2v) is 6.15. The molecular formula is C18H20N6O2. The van der Waals surface area contributed by atoms with Crippen LogP contribution >= 0.6 is 0 Å². The van der Waals surface area contributed by atoms with Crippen LogP contribution in [0.15, 0.2) is 43.0 Å². The van der Waals surface area contributed by atoms with E-state index in [2.05, 4.69) is 32.5 Å². The summed E-state index contributed by atoms with van der Waals surface area (Å²) >= 11 is 0. The van der Waals surface area contributed by atoms with Gasteiger partial charge >= 0.3 is 0 Å². The number of ether oxygens (including phenoxy) is 1. The van der Waals surface area contributed by atoms with Gasteiger partial charge in [-0.25, -0.2) is 15.0 Å². The highest BCUT2D eigenvalue weighted by atomic mass is 16.5. The predicted octanol–water partition coefficient (Wildman–Crippen LogP) is 1.98. The first-order valence-corrected chi connectivity index (χ1v) is 8.66. The molecule has 0 radical (unpaired) electrons. The molecule has 0 aliphatic carbocycles. The molecule has 26 heavy (non-hydrogen) atoms. The smallest absolute Gasteiger partial charge is 0.256 e. The normalized spacial score (nSPS) is 20.2. The Balaban J connectivity index is 1.62. The third kappa shape index (κ3) is 3.16. The van der Waals surface area contributed by atoms with E-state index in [4.69, 9.17) is 4.74 Å². The monoisotopic (exact) mass is 352 g/mol. The zero-order valence-corrected chi connectivity index (χ0v) is 14.4. The average molecular weight is 352 g/mol. The highest BCUT2D eigenvalue weighted by molar-refractivity contribution is 6.06. The van der Waals surface area contributed by atoms with Crippen molar-refractivity contribution in [3.05, 3.63) is 48.5 Å². The number of fused-ring (bicyclic) bond motifs is 1. The lowest BCUT2D eigenvalue weighted by atomic mass is 10.2. The van der Waals surface area contributed by atoms with Crippen molar-refractivity contribution in [1.29, 1.82) is 0 Å². The van der Waals surface area contributed by atoms with Gasteiger partial charge in [0.2, 0.25) is 0 Å². The highest BCUT2D eigenvalue weighted by Crippen LogP contribution is 2.24. The summed E-state index contributed by atoms with van der Waals surface area (Å²) < 4.78 is 7.97. The van der Waals surface area contributed by atoms with Gasteiger partial charge in [-0.1, -0.05) is 25.1 Å². The van der Waals surface area contributed by atoms with E-state index in [-0.39, 0.29) is 18.2 Å². The molecule has 1 saturated heterocycles. The van der Waals surface area contributed by atoms with Crippen molar-refractivity contribution in [3.63, 3.8) is 0 Å². The number of hydrogen-bond acceptors (Lipinski definition) is 6.